The maximum atomic E-state index is 12.5. The minimum Gasteiger partial charge on any atom is -0.352 e. The first-order valence-electron chi connectivity index (χ1n) is 11.4. The number of hydrogen-bond donors (Lipinski definition) is 2. The Morgan fingerprint density at radius 3 is 2.47 bits per heavy atom. The molecule has 1 aliphatic heterocycles. The summed E-state index contributed by atoms with van der Waals surface area (Å²) in [5.41, 5.74) is 2.60. The van der Waals surface area contributed by atoms with E-state index in [4.69, 9.17) is 0 Å². The minimum atomic E-state index is 0. The number of carbonyl (C=O) groups is 1. The fourth-order valence-corrected chi connectivity index (χ4v) is 4.89. The van der Waals surface area contributed by atoms with Crippen LogP contribution < -0.4 is 10.6 Å². The predicted octanol–water partition coefficient (Wildman–Crippen LogP) is 4.94. The Morgan fingerprint density at radius 1 is 1.10 bits per heavy atom. The van der Waals surface area contributed by atoms with Gasteiger partial charge in [-0.2, -0.15) is 0 Å². The molecule has 0 spiro atoms. The maximum absolute atomic E-state index is 12.5. The molecule has 6 heteroatoms. The Kier molecular flexibility index (Phi) is 13.0. The zero-order chi connectivity index (χ0) is 19.8. The largest absolute Gasteiger partial charge is 0.352 e. The Labute approximate surface area is 195 Å². The van der Waals surface area contributed by atoms with Crippen LogP contribution >= 0.6 is 24.8 Å². The van der Waals surface area contributed by atoms with Crippen LogP contribution in [0.15, 0.2) is 24.3 Å². The number of nitrogens with zero attached hydrogens (tertiary/aromatic N) is 1. The molecule has 1 aromatic carbocycles. The van der Waals surface area contributed by atoms with Crippen molar-refractivity contribution in [2.45, 2.75) is 77.4 Å². The van der Waals surface area contributed by atoms with Crippen LogP contribution in [0.4, 0.5) is 0 Å². The van der Waals surface area contributed by atoms with Gasteiger partial charge in [-0.05, 0) is 68.8 Å². The van der Waals surface area contributed by atoms with E-state index in [-0.39, 0.29) is 30.7 Å². The molecule has 1 saturated heterocycles. The van der Waals surface area contributed by atoms with Crippen molar-refractivity contribution in [1.29, 1.82) is 0 Å². The highest BCUT2D eigenvalue weighted by Gasteiger charge is 2.22. The molecule has 30 heavy (non-hydrogen) atoms. The van der Waals surface area contributed by atoms with Gasteiger partial charge >= 0.3 is 0 Å². The van der Waals surface area contributed by atoms with Gasteiger partial charge < -0.3 is 10.6 Å². The summed E-state index contributed by atoms with van der Waals surface area (Å²) in [6.45, 7) is 6.03. The number of benzene rings is 1. The third-order valence-corrected chi connectivity index (χ3v) is 6.86. The first kappa shape index (κ1) is 27.2. The first-order valence-corrected chi connectivity index (χ1v) is 11.4. The number of piperidine rings is 1. The van der Waals surface area contributed by atoms with E-state index >= 15 is 0 Å². The molecule has 4 nitrogen and oxygen atoms in total. The molecular formula is C24H41Cl2N3O. The van der Waals surface area contributed by atoms with E-state index in [1.54, 1.807) is 0 Å². The Bertz CT molecular complexity index is 616. The third kappa shape index (κ3) is 8.37. The van der Waals surface area contributed by atoms with Gasteiger partial charge in [0, 0.05) is 25.6 Å². The molecule has 3 rings (SSSR count). The Hall–Kier alpha value is -0.810. The van der Waals surface area contributed by atoms with Crippen molar-refractivity contribution in [2.75, 3.05) is 20.1 Å². The molecule has 2 atom stereocenters. The van der Waals surface area contributed by atoms with E-state index in [0.29, 0.717) is 30.8 Å². The van der Waals surface area contributed by atoms with Gasteiger partial charge in [-0.3, -0.25) is 9.69 Å². The Morgan fingerprint density at radius 2 is 1.80 bits per heavy atom. The number of hydrogen-bond acceptors (Lipinski definition) is 3. The maximum Gasteiger partial charge on any atom is 0.220 e. The van der Waals surface area contributed by atoms with Gasteiger partial charge in [0.15, 0.2) is 0 Å². The van der Waals surface area contributed by atoms with E-state index in [1.165, 1.54) is 56.1 Å². The van der Waals surface area contributed by atoms with Gasteiger partial charge in [0.25, 0.3) is 0 Å². The summed E-state index contributed by atoms with van der Waals surface area (Å²) in [6.07, 6.45) is 9.88. The lowest BCUT2D eigenvalue weighted by molar-refractivity contribution is -0.122. The third-order valence-electron chi connectivity index (χ3n) is 6.86. The van der Waals surface area contributed by atoms with E-state index in [0.717, 1.165) is 19.6 Å². The van der Waals surface area contributed by atoms with Gasteiger partial charge in [0.2, 0.25) is 5.91 Å². The summed E-state index contributed by atoms with van der Waals surface area (Å²) in [5, 5.41) is 6.65. The Balaban J connectivity index is 0.00000225. The molecule has 1 saturated carbocycles. The lowest BCUT2D eigenvalue weighted by atomic mass is 9.85. The molecule has 2 unspecified atom stereocenters. The van der Waals surface area contributed by atoms with Crippen molar-refractivity contribution >= 4 is 30.7 Å². The predicted molar refractivity (Wildman–Crippen MR) is 130 cm³/mol. The number of carbonyl (C=O) groups excluding carboxylic acids is 1. The lowest BCUT2D eigenvalue weighted by Crippen LogP contribution is -2.35. The second-order valence-electron chi connectivity index (χ2n) is 9.04. The van der Waals surface area contributed by atoms with Crippen LogP contribution in [0.3, 0.4) is 0 Å². The average molecular weight is 459 g/mol. The van der Waals surface area contributed by atoms with Gasteiger partial charge in [0.1, 0.15) is 0 Å². The molecule has 0 aromatic heterocycles. The number of halogens is 2. The molecule has 0 radical (unpaired) electrons. The molecule has 1 amide bonds. The second-order valence-corrected chi connectivity index (χ2v) is 9.04. The highest BCUT2D eigenvalue weighted by Crippen LogP contribution is 2.24. The molecule has 1 aliphatic carbocycles. The normalized spacial score (nSPS) is 20.7. The van der Waals surface area contributed by atoms with Crippen molar-refractivity contribution in [1.82, 2.24) is 15.5 Å². The summed E-state index contributed by atoms with van der Waals surface area (Å²) in [4.78, 5) is 15.0. The quantitative estimate of drug-likeness (QED) is 0.580. The fourth-order valence-electron chi connectivity index (χ4n) is 4.89. The smallest absolute Gasteiger partial charge is 0.220 e. The van der Waals surface area contributed by atoms with E-state index in [2.05, 4.69) is 53.8 Å². The van der Waals surface area contributed by atoms with E-state index in [1.807, 2.05) is 0 Å². The monoisotopic (exact) mass is 457 g/mol. The van der Waals surface area contributed by atoms with Crippen LogP contribution in [-0.2, 0) is 17.9 Å². The standard InChI is InChI=1S/C24H39N3O.2ClH/c1-19(20-11-8-14-25-16-20)15-24(28)26-17-21-9-6-7-10-22(21)18-27(2)23-12-4-3-5-13-23;;/h6-7,9-10,19-20,23,25H,3-5,8,11-18H2,1-2H3,(H,26,28);2*1H. The van der Waals surface area contributed by atoms with Crippen molar-refractivity contribution in [3.05, 3.63) is 35.4 Å². The van der Waals surface area contributed by atoms with Gasteiger partial charge in [0.05, 0.1) is 0 Å². The van der Waals surface area contributed by atoms with E-state index in [9.17, 15) is 4.79 Å². The van der Waals surface area contributed by atoms with Crippen LogP contribution in [0.2, 0.25) is 0 Å². The lowest BCUT2D eigenvalue weighted by Gasteiger charge is -2.31. The summed E-state index contributed by atoms with van der Waals surface area (Å²) in [7, 11) is 2.26. The molecule has 1 heterocycles. The zero-order valence-corrected chi connectivity index (χ0v) is 20.3. The molecule has 2 fully saturated rings. The van der Waals surface area contributed by atoms with Crippen LogP contribution in [0, 0.1) is 11.8 Å². The molecule has 1 aromatic rings. The van der Waals surface area contributed by atoms with Crippen molar-refractivity contribution in [2.24, 2.45) is 11.8 Å². The molecule has 2 N–H and O–H groups in total. The summed E-state index contributed by atoms with van der Waals surface area (Å²) in [6, 6.07) is 9.30. The molecule has 172 valence electrons. The minimum absolute atomic E-state index is 0. The van der Waals surface area contributed by atoms with Crippen LogP contribution in [0.5, 0.6) is 0 Å². The highest BCUT2D eigenvalue weighted by atomic mass is 35.5. The van der Waals surface area contributed by atoms with Crippen molar-refractivity contribution in [3.8, 4) is 0 Å². The molecule has 0 bridgehead atoms. The highest BCUT2D eigenvalue weighted by molar-refractivity contribution is 5.85. The van der Waals surface area contributed by atoms with Gasteiger partial charge in [-0.25, -0.2) is 0 Å². The summed E-state index contributed by atoms with van der Waals surface area (Å²) in [5.74, 6) is 1.27. The van der Waals surface area contributed by atoms with Crippen LogP contribution in [0.25, 0.3) is 0 Å². The first-order chi connectivity index (χ1) is 13.6. The molecular weight excluding hydrogens is 417 g/mol. The number of nitrogens with one attached hydrogen (secondary N) is 2. The number of rotatable bonds is 8. The number of amides is 1. The van der Waals surface area contributed by atoms with Gasteiger partial charge in [-0.1, -0.05) is 50.5 Å². The van der Waals surface area contributed by atoms with Crippen molar-refractivity contribution < 1.29 is 4.79 Å². The second kappa shape index (κ2) is 14.3. The topological polar surface area (TPSA) is 44.4 Å². The summed E-state index contributed by atoms with van der Waals surface area (Å²) < 4.78 is 0. The molecule has 2 aliphatic rings. The van der Waals surface area contributed by atoms with Gasteiger partial charge in [-0.15, -0.1) is 24.8 Å². The van der Waals surface area contributed by atoms with Crippen LogP contribution in [-0.4, -0.2) is 37.0 Å². The summed E-state index contributed by atoms with van der Waals surface area (Å²) >= 11 is 0. The zero-order valence-electron chi connectivity index (χ0n) is 18.7. The fraction of sp³-hybridized carbons (Fsp3) is 0.708. The van der Waals surface area contributed by atoms with Crippen molar-refractivity contribution in [3.63, 3.8) is 0 Å². The average Bonchev–Trinajstić information content (AvgIpc) is 2.74. The van der Waals surface area contributed by atoms with E-state index < -0.39 is 0 Å². The SMILES string of the molecule is CC(CC(=O)NCc1ccccc1CN(C)C1CCCCC1)C1CCCNC1.Cl.Cl. The van der Waals surface area contributed by atoms with Crippen LogP contribution in [0.1, 0.15) is 69.4 Å².